The van der Waals surface area contributed by atoms with E-state index in [1.54, 1.807) is 37.3 Å². The van der Waals surface area contributed by atoms with Gasteiger partial charge in [-0.15, -0.1) is 0 Å². The molecule has 2 aromatic carbocycles. The van der Waals surface area contributed by atoms with E-state index >= 15 is 0 Å². The van der Waals surface area contributed by atoms with Crippen molar-refractivity contribution in [2.75, 3.05) is 22.5 Å². The van der Waals surface area contributed by atoms with Crippen LogP contribution in [0, 0.1) is 12.7 Å². The molecule has 0 radical (unpaired) electrons. The molecule has 7 heteroatoms. The van der Waals surface area contributed by atoms with Crippen molar-refractivity contribution in [2.45, 2.75) is 13.8 Å². The van der Waals surface area contributed by atoms with Gasteiger partial charge in [-0.3, -0.25) is 5.32 Å². The zero-order chi connectivity index (χ0) is 18.7. The molecule has 6 nitrogen and oxygen atoms in total. The number of urea groups is 1. The van der Waals surface area contributed by atoms with Crippen LogP contribution in [0.2, 0.25) is 0 Å². The summed E-state index contributed by atoms with van der Waals surface area (Å²) in [5.74, 6) is -0.429. The Morgan fingerprint density at radius 1 is 1.12 bits per heavy atom. The van der Waals surface area contributed by atoms with Crippen molar-refractivity contribution in [1.29, 1.82) is 0 Å². The molecule has 0 aliphatic rings. The van der Waals surface area contributed by atoms with Gasteiger partial charge in [-0.1, -0.05) is 18.2 Å². The molecule has 0 saturated carbocycles. The summed E-state index contributed by atoms with van der Waals surface area (Å²) in [5, 5.41) is 8.76. The molecule has 1 aromatic heterocycles. The molecule has 3 rings (SSSR count). The molecule has 26 heavy (non-hydrogen) atoms. The lowest BCUT2D eigenvalue weighted by Crippen LogP contribution is -2.24. The van der Waals surface area contributed by atoms with Crippen molar-refractivity contribution in [3.05, 3.63) is 64.3 Å². The first-order valence-electron chi connectivity index (χ1n) is 8.13. The van der Waals surface area contributed by atoms with E-state index in [1.807, 2.05) is 13.0 Å². The molecule has 134 valence electrons. The number of carbonyl (C=O) groups is 1. The number of aryl methyl sites for hydroxylation is 1. The average molecular weight is 355 g/mol. The minimum absolute atomic E-state index is 0.00404. The first-order valence-corrected chi connectivity index (χ1v) is 8.13. The second kappa shape index (κ2) is 7.26. The highest BCUT2D eigenvalue weighted by atomic mass is 19.1. The number of fused-ring (bicyclic) bond motifs is 1. The highest BCUT2D eigenvalue weighted by Crippen LogP contribution is 2.28. The molecule has 0 atom stereocenters. The van der Waals surface area contributed by atoms with E-state index in [-0.39, 0.29) is 11.4 Å². The Morgan fingerprint density at radius 2 is 1.88 bits per heavy atom. The van der Waals surface area contributed by atoms with E-state index in [1.165, 1.54) is 6.07 Å². The quantitative estimate of drug-likeness (QED) is 0.609. The summed E-state index contributed by atoms with van der Waals surface area (Å²) in [5.41, 5.74) is 0.964. The second-order valence-electron chi connectivity index (χ2n) is 5.71. The van der Waals surface area contributed by atoms with Crippen LogP contribution in [0.5, 0.6) is 0 Å². The monoisotopic (exact) mass is 355 g/mol. The summed E-state index contributed by atoms with van der Waals surface area (Å²) in [6.45, 7) is 4.05. The van der Waals surface area contributed by atoms with Gasteiger partial charge < -0.3 is 15.1 Å². The number of hydrogen-bond donors (Lipinski definition) is 3. The summed E-state index contributed by atoms with van der Waals surface area (Å²) in [6, 6.07) is 10.7. The van der Waals surface area contributed by atoms with Crippen molar-refractivity contribution in [2.24, 2.45) is 0 Å². The fourth-order valence-corrected chi connectivity index (χ4v) is 2.57. The second-order valence-corrected chi connectivity index (χ2v) is 5.71. The Kier molecular flexibility index (Phi) is 4.88. The summed E-state index contributed by atoms with van der Waals surface area (Å²) in [6.07, 6.45) is 0. The van der Waals surface area contributed by atoms with Crippen LogP contribution in [0.3, 0.4) is 0 Å². The fourth-order valence-electron chi connectivity index (χ4n) is 2.57. The number of hydrogen-bond acceptors (Lipinski definition) is 4. The minimum atomic E-state index is -0.676. The normalized spacial score (nSPS) is 10.6. The van der Waals surface area contributed by atoms with Crippen LogP contribution in [-0.4, -0.2) is 12.6 Å². The standard InChI is InChI=1S/C19H18FN3O3/c1-3-21-16-13-6-4-5-7-15(13)26-18(24)17(16)23-19(25)22-12-9-8-11(2)14(20)10-12/h4-10,21H,3H2,1-2H3,(H2,22,23,25). The highest BCUT2D eigenvalue weighted by molar-refractivity contribution is 6.05. The largest absolute Gasteiger partial charge is 0.421 e. The van der Waals surface area contributed by atoms with E-state index in [0.717, 1.165) is 0 Å². The SMILES string of the molecule is CCNc1c(NC(=O)Nc2ccc(C)c(F)c2)c(=O)oc2ccccc12. The Morgan fingerprint density at radius 3 is 2.62 bits per heavy atom. The fraction of sp³-hybridized carbons (Fsp3) is 0.158. The van der Waals surface area contributed by atoms with Gasteiger partial charge in [0.2, 0.25) is 0 Å². The molecule has 0 aliphatic heterocycles. The van der Waals surface area contributed by atoms with E-state index in [4.69, 9.17) is 4.42 Å². The van der Waals surface area contributed by atoms with Crippen LogP contribution in [0.25, 0.3) is 11.0 Å². The first kappa shape index (κ1) is 17.5. The smallest absolute Gasteiger partial charge is 0.362 e. The predicted molar refractivity (Wildman–Crippen MR) is 100 cm³/mol. The van der Waals surface area contributed by atoms with Gasteiger partial charge in [-0.25, -0.2) is 14.0 Å². The number of rotatable bonds is 4. The molecule has 0 spiro atoms. The van der Waals surface area contributed by atoms with Crippen LogP contribution in [0.1, 0.15) is 12.5 Å². The van der Waals surface area contributed by atoms with Gasteiger partial charge in [0.05, 0.1) is 5.69 Å². The molecule has 0 aliphatic carbocycles. The lowest BCUT2D eigenvalue weighted by molar-refractivity contribution is 0.262. The molecular formula is C19H18FN3O3. The minimum Gasteiger partial charge on any atom is -0.421 e. The van der Waals surface area contributed by atoms with E-state index in [9.17, 15) is 14.0 Å². The molecule has 0 saturated heterocycles. The molecule has 0 fully saturated rings. The average Bonchev–Trinajstić information content (AvgIpc) is 2.61. The Labute approximate surface area is 149 Å². The van der Waals surface area contributed by atoms with Gasteiger partial charge in [0.25, 0.3) is 0 Å². The zero-order valence-corrected chi connectivity index (χ0v) is 14.4. The summed E-state index contributed by atoms with van der Waals surface area (Å²) >= 11 is 0. The lowest BCUT2D eigenvalue weighted by atomic mass is 10.2. The maximum atomic E-state index is 13.6. The molecule has 0 unspecified atom stereocenters. The first-order chi connectivity index (χ1) is 12.5. The molecule has 0 bridgehead atoms. The highest BCUT2D eigenvalue weighted by Gasteiger charge is 2.16. The summed E-state index contributed by atoms with van der Waals surface area (Å²) < 4.78 is 18.9. The molecule has 3 N–H and O–H groups in total. The van der Waals surface area contributed by atoms with E-state index in [0.29, 0.717) is 28.8 Å². The molecular weight excluding hydrogens is 337 g/mol. The van der Waals surface area contributed by atoms with Crippen LogP contribution in [-0.2, 0) is 0 Å². The van der Waals surface area contributed by atoms with Crippen molar-refractivity contribution < 1.29 is 13.6 Å². The van der Waals surface area contributed by atoms with Crippen molar-refractivity contribution in [3.63, 3.8) is 0 Å². The van der Waals surface area contributed by atoms with Crippen LogP contribution >= 0.6 is 0 Å². The number of para-hydroxylation sites is 1. The molecule has 1 heterocycles. The van der Waals surface area contributed by atoms with Gasteiger partial charge in [-0.2, -0.15) is 0 Å². The lowest BCUT2D eigenvalue weighted by Gasteiger charge is -2.14. The topological polar surface area (TPSA) is 83.4 Å². The maximum absolute atomic E-state index is 13.6. The number of amides is 2. The van der Waals surface area contributed by atoms with Crippen LogP contribution in [0.15, 0.2) is 51.7 Å². The Hall–Kier alpha value is -3.35. The van der Waals surface area contributed by atoms with Crippen molar-refractivity contribution in [1.82, 2.24) is 0 Å². The van der Waals surface area contributed by atoms with Gasteiger partial charge in [-0.05, 0) is 43.7 Å². The van der Waals surface area contributed by atoms with Crippen molar-refractivity contribution in [3.8, 4) is 0 Å². The number of halogens is 1. The molecule has 3 aromatic rings. The third-order valence-electron chi connectivity index (χ3n) is 3.83. The third kappa shape index (κ3) is 3.51. The number of anilines is 3. The Balaban J connectivity index is 1.93. The number of benzene rings is 2. The van der Waals surface area contributed by atoms with E-state index < -0.39 is 17.5 Å². The summed E-state index contributed by atoms with van der Waals surface area (Å²) in [7, 11) is 0. The zero-order valence-electron chi connectivity index (χ0n) is 14.4. The predicted octanol–water partition coefficient (Wildman–Crippen LogP) is 4.32. The Bertz CT molecular complexity index is 1030. The van der Waals surface area contributed by atoms with Gasteiger partial charge in [0.1, 0.15) is 11.4 Å². The maximum Gasteiger partial charge on any atom is 0.362 e. The summed E-state index contributed by atoms with van der Waals surface area (Å²) in [4.78, 5) is 24.6. The van der Waals surface area contributed by atoms with Crippen LogP contribution < -0.4 is 21.6 Å². The van der Waals surface area contributed by atoms with Crippen molar-refractivity contribution >= 4 is 34.1 Å². The number of nitrogens with one attached hydrogen (secondary N) is 3. The third-order valence-corrected chi connectivity index (χ3v) is 3.83. The van der Waals surface area contributed by atoms with Gasteiger partial charge >= 0.3 is 11.7 Å². The number of carbonyl (C=O) groups excluding carboxylic acids is 1. The van der Waals surface area contributed by atoms with Gasteiger partial charge in [0.15, 0.2) is 5.69 Å². The molecule has 2 amide bonds. The van der Waals surface area contributed by atoms with E-state index in [2.05, 4.69) is 16.0 Å². The van der Waals surface area contributed by atoms with Crippen LogP contribution in [0.4, 0.5) is 26.2 Å². The van der Waals surface area contributed by atoms with Gasteiger partial charge in [0, 0.05) is 17.6 Å².